The van der Waals surface area contributed by atoms with E-state index in [0.717, 1.165) is 36.3 Å². The van der Waals surface area contributed by atoms with Gasteiger partial charge in [-0.2, -0.15) is 0 Å². The highest BCUT2D eigenvalue weighted by atomic mass is 35.5. The van der Waals surface area contributed by atoms with Crippen molar-refractivity contribution in [2.45, 2.75) is 63.0 Å². The van der Waals surface area contributed by atoms with Crippen LogP contribution in [0, 0.1) is 5.82 Å². The van der Waals surface area contributed by atoms with E-state index in [4.69, 9.17) is 11.6 Å². The van der Waals surface area contributed by atoms with E-state index in [0.29, 0.717) is 50.7 Å². The molecular formula is C26H33ClFN5O2. The van der Waals surface area contributed by atoms with Gasteiger partial charge in [-0.25, -0.2) is 14.4 Å². The molecule has 1 saturated carbocycles. The molecule has 2 aromatic rings. The number of hydrogen-bond donors (Lipinski definition) is 2. The SMILES string of the molecule is O=C([C@H](CNC1CCCCC1)c1ccc(Cl)c(F)c1)N1CCN(c2ncnc3c2CC[C@H]3O)CC1. The van der Waals surface area contributed by atoms with Gasteiger partial charge >= 0.3 is 0 Å². The first-order valence-electron chi connectivity index (χ1n) is 12.7. The topological polar surface area (TPSA) is 81.6 Å². The standard InChI is InChI=1S/C26H33ClFN5O2/c27-21-8-6-17(14-22(21)28)20(15-29-18-4-2-1-3-5-18)26(35)33-12-10-32(11-13-33)25-19-7-9-23(34)24(19)30-16-31-25/h6,8,14,16,18,20,23,29,34H,1-5,7,9-13,15H2/t20-,23-/m1/s1. The van der Waals surface area contributed by atoms with Gasteiger partial charge in [-0.3, -0.25) is 4.79 Å². The van der Waals surface area contributed by atoms with Gasteiger partial charge < -0.3 is 20.2 Å². The smallest absolute Gasteiger partial charge is 0.231 e. The monoisotopic (exact) mass is 501 g/mol. The predicted octanol–water partition coefficient (Wildman–Crippen LogP) is 3.60. The fraction of sp³-hybridized carbons (Fsp3) is 0.577. The minimum absolute atomic E-state index is 0.0121. The number of anilines is 1. The van der Waals surface area contributed by atoms with Gasteiger partial charge in [-0.1, -0.05) is 36.9 Å². The van der Waals surface area contributed by atoms with E-state index in [1.54, 1.807) is 6.07 Å². The van der Waals surface area contributed by atoms with Gasteiger partial charge in [-0.05, 0) is 43.4 Å². The van der Waals surface area contributed by atoms with E-state index in [2.05, 4.69) is 20.2 Å². The first-order valence-corrected chi connectivity index (χ1v) is 13.1. The van der Waals surface area contributed by atoms with Crippen molar-refractivity contribution < 1.29 is 14.3 Å². The molecule has 0 bridgehead atoms. The molecule has 1 aliphatic heterocycles. The van der Waals surface area contributed by atoms with Crippen molar-refractivity contribution in [1.29, 1.82) is 0 Å². The number of amides is 1. The molecule has 1 saturated heterocycles. The molecule has 2 heterocycles. The second-order valence-electron chi connectivity index (χ2n) is 9.90. The zero-order valence-corrected chi connectivity index (χ0v) is 20.7. The lowest BCUT2D eigenvalue weighted by Gasteiger charge is -2.38. The summed E-state index contributed by atoms with van der Waals surface area (Å²) < 4.78 is 14.3. The number of carbonyl (C=O) groups is 1. The van der Waals surface area contributed by atoms with Crippen LogP contribution in [0.1, 0.15) is 67.4 Å². The molecule has 9 heteroatoms. The third-order valence-electron chi connectivity index (χ3n) is 7.69. The lowest BCUT2D eigenvalue weighted by atomic mass is 9.93. The fourth-order valence-electron chi connectivity index (χ4n) is 5.66. The van der Waals surface area contributed by atoms with Gasteiger partial charge in [0.1, 0.15) is 18.0 Å². The highest BCUT2D eigenvalue weighted by Crippen LogP contribution is 2.34. The number of carbonyl (C=O) groups excluding carboxylic acids is 1. The lowest BCUT2D eigenvalue weighted by molar-refractivity contribution is -0.133. The quantitative estimate of drug-likeness (QED) is 0.629. The zero-order valence-electron chi connectivity index (χ0n) is 19.9. The fourth-order valence-corrected chi connectivity index (χ4v) is 5.78. The van der Waals surface area contributed by atoms with Crippen LogP contribution in [0.25, 0.3) is 0 Å². The van der Waals surface area contributed by atoms with Gasteiger partial charge in [0.2, 0.25) is 5.91 Å². The van der Waals surface area contributed by atoms with Crippen LogP contribution >= 0.6 is 11.6 Å². The third kappa shape index (κ3) is 5.29. The normalized spacial score (nSPS) is 21.7. The molecule has 0 radical (unpaired) electrons. The summed E-state index contributed by atoms with van der Waals surface area (Å²) in [5, 5.41) is 13.8. The minimum Gasteiger partial charge on any atom is -0.387 e. The van der Waals surface area contributed by atoms with Crippen LogP contribution in [0.2, 0.25) is 5.02 Å². The van der Waals surface area contributed by atoms with Crippen molar-refractivity contribution in [3.05, 3.63) is 52.2 Å². The van der Waals surface area contributed by atoms with E-state index in [-0.39, 0.29) is 10.9 Å². The zero-order chi connectivity index (χ0) is 24.4. The highest BCUT2D eigenvalue weighted by Gasteiger charge is 2.32. The van der Waals surface area contributed by atoms with E-state index >= 15 is 0 Å². The van der Waals surface area contributed by atoms with E-state index in [1.807, 2.05) is 4.90 Å². The van der Waals surface area contributed by atoms with Crippen LogP contribution in [-0.2, 0) is 11.2 Å². The Kier molecular flexibility index (Phi) is 7.51. The molecule has 5 rings (SSSR count). The Morgan fingerprint density at radius 3 is 2.66 bits per heavy atom. The minimum atomic E-state index is -0.521. The number of halogens is 2. The molecule has 0 unspecified atom stereocenters. The second-order valence-corrected chi connectivity index (χ2v) is 10.3. The maximum absolute atomic E-state index is 14.3. The Morgan fingerprint density at radius 2 is 1.91 bits per heavy atom. The average Bonchev–Trinajstić information content (AvgIpc) is 3.27. The van der Waals surface area contributed by atoms with Gasteiger partial charge in [-0.15, -0.1) is 0 Å². The van der Waals surface area contributed by atoms with Crippen LogP contribution in [0.5, 0.6) is 0 Å². The summed E-state index contributed by atoms with van der Waals surface area (Å²) in [5.74, 6) is -0.0788. The molecule has 2 fully saturated rings. The summed E-state index contributed by atoms with van der Waals surface area (Å²) in [6.07, 6.45) is 8.35. The van der Waals surface area contributed by atoms with Gasteiger partial charge in [0, 0.05) is 44.3 Å². The highest BCUT2D eigenvalue weighted by molar-refractivity contribution is 6.30. The number of rotatable bonds is 6. The Bertz CT molecular complexity index is 1060. The molecule has 7 nitrogen and oxygen atoms in total. The predicted molar refractivity (Wildman–Crippen MR) is 133 cm³/mol. The molecule has 1 amide bonds. The lowest BCUT2D eigenvalue weighted by Crippen LogP contribution is -2.51. The number of aliphatic hydroxyl groups is 1. The number of nitrogens with one attached hydrogen (secondary N) is 1. The van der Waals surface area contributed by atoms with Crippen molar-refractivity contribution in [2.75, 3.05) is 37.6 Å². The Morgan fingerprint density at radius 1 is 1.14 bits per heavy atom. The third-order valence-corrected chi connectivity index (χ3v) is 8.00. The number of nitrogens with zero attached hydrogens (tertiary/aromatic N) is 4. The number of aromatic nitrogens is 2. The number of piperazine rings is 1. The molecule has 188 valence electrons. The van der Waals surface area contributed by atoms with E-state index in [9.17, 15) is 14.3 Å². The summed E-state index contributed by atoms with van der Waals surface area (Å²) in [5.41, 5.74) is 2.41. The molecule has 2 N–H and O–H groups in total. The molecule has 1 aromatic carbocycles. The number of aliphatic hydroxyl groups excluding tert-OH is 1. The summed E-state index contributed by atoms with van der Waals surface area (Å²) in [6, 6.07) is 5.11. The van der Waals surface area contributed by atoms with Crippen LogP contribution in [0.15, 0.2) is 24.5 Å². The van der Waals surface area contributed by atoms with E-state index < -0.39 is 17.8 Å². The first-order chi connectivity index (χ1) is 17.0. The molecule has 1 aromatic heterocycles. The van der Waals surface area contributed by atoms with Crippen molar-refractivity contribution in [1.82, 2.24) is 20.2 Å². The summed E-state index contributed by atoms with van der Waals surface area (Å²) in [6.45, 7) is 2.93. The number of hydrogen-bond acceptors (Lipinski definition) is 6. The molecule has 2 aliphatic carbocycles. The van der Waals surface area contributed by atoms with Gasteiger partial charge in [0.25, 0.3) is 0 Å². The van der Waals surface area contributed by atoms with Crippen LogP contribution in [0.3, 0.4) is 0 Å². The first kappa shape index (κ1) is 24.4. The largest absolute Gasteiger partial charge is 0.387 e. The Labute approximate surface area is 210 Å². The number of fused-ring (bicyclic) bond motifs is 1. The number of benzene rings is 1. The van der Waals surface area contributed by atoms with E-state index in [1.165, 1.54) is 37.7 Å². The van der Waals surface area contributed by atoms with Crippen LogP contribution < -0.4 is 10.2 Å². The van der Waals surface area contributed by atoms with Gasteiger partial charge in [0.05, 0.1) is 22.7 Å². The van der Waals surface area contributed by atoms with Crippen molar-refractivity contribution in [2.24, 2.45) is 0 Å². The van der Waals surface area contributed by atoms with Crippen molar-refractivity contribution in [3.63, 3.8) is 0 Å². The van der Waals surface area contributed by atoms with Crippen molar-refractivity contribution in [3.8, 4) is 0 Å². The molecule has 0 spiro atoms. The van der Waals surface area contributed by atoms with Crippen molar-refractivity contribution >= 4 is 23.3 Å². The molecular weight excluding hydrogens is 469 g/mol. The second kappa shape index (κ2) is 10.8. The molecule has 35 heavy (non-hydrogen) atoms. The van der Waals surface area contributed by atoms with Crippen LogP contribution in [0.4, 0.5) is 10.2 Å². The Hall–Kier alpha value is -2.29. The maximum Gasteiger partial charge on any atom is 0.231 e. The summed E-state index contributed by atoms with van der Waals surface area (Å²) >= 11 is 5.92. The maximum atomic E-state index is 14.3. The summed E-state index contributed by atoms with van der Waals surface area (Å²) in [4.78, 5) is 26.5. The average molecular weight is 502 g/mol. The van der Waals surface area contributed by atoms with Crippen LogP contribution in [-0.4, -0.2) is 64.6 Å². The molecule has 3 aliphatic rings. The Balaban J connectivity index is 1.28. The van der Waals surface area contributed by atoms with Gasteiger partial charge in [0.15, 0.2) is 0 Å². The summed E-state index contributed by atoms with van der Waals surface area (Å²) in [7, 11) is 0. The molecule has 2 atom stereocenters.